The number of aromatic nitrogens is 2. The number of fused-ring (bicyclic) bond motifs is 1. The standard InChI is InChI=1S/C15H13N5O/c16-20-14-5-4-11(8-18-14)15(21)19-13-3-1-2-10-6-7-17-9-12(10)13/h1-9H,16H2,(H,18,20)(H,19,21). The molecule has 0 fully saturated rings. The maximum Gasteiger partial charge on any atom is 0.257 e. The van der Waals surface area contributed by atoms with E-state index in [-0.39, 0.29) is 5.91 Å². The van der Waals surface area contributed by atoms with E-state index in [1.165, 1.54) is 6.20 Å². The molecule has 2 heterocycles. The van der Waals surface area contributed by atoms with Gasteiger partial charge in [-0.2, -0.15) is 0 Å². The van der Waals surface area contributed by atoms with Gasteiger partial charge in [-0.3, -0.25) is 9.78 Å². The van der Waals surface area contributed by atoms with Crippen LogP contribution in [0.3, 0.4) is 0 Å². The van der Waals surface area contributed by atoms with Crippen molar-refractivity contribution in [2.45, 2.75) is 0 Å². The second-order valence-corrected chi connectivity index (χ2v) is 4.43. The Bertz CT molecular complexity index is 780. The zero-order valence-electron chi connectivity index (χ0n) is 11.1. The lowest BCUT2D eigenvalue weighted by molar-refractivity contribution is 0.102. The number of nitrogens with one attached hydrogen (secondary N) is 2. The lowest BCUT2D eigenvalue weighted by Crippen LogP contribution is -2.14. The number of benzene rings is 1. The SMILES string of the molecule is NNc1ccc(C(=O)Nc2cccc3ccncc23)cn1. The minimum Gasteiger partial charge on any atom is -0.321 e. The Morgan fingerprint density at radius 2 is 2.00 bits per heavy atom. The molecule has 21 heavy (non-hydrogen) atoms. The number of anilines is 2. The zero-order chi connectivity index (χ0) is 14.7. The van der Waals surface area contributed by atoms with Crippen LogP contribution in [-0.4, -0.2) is 15.9 Å². The highest BCUT2D eigenvalue weighted by molar-refractivity contribution is 6.08. The molecule has 0 saturated carbocycles. The summed E-state index contributed by atoms with van der Waals surface area (Å²) < 4.78 is 0. The van der Waals surface area contributed by atoms with Gasteiger partial charge in [0.05, 0.1) is 11.3 Å². The summed E-state index contributed by atoms with van der Waals surface area (Å²) in [4.78, 5) is 20.3. The van der Waals surface area contributed by atoms with Crippen molar-refractivity contribution < 1.29 is 4.79 Å². The summed E-state index contributed by atoms with van der Waals surface area (Å²) >= 11 is 0. The number of carbonyl (C=O) groups is 1. The first-order chi connectivity index (χ1) is 10.3. The number of nitrogens with zero attached hydrogens (tertiary/aromatic N) is 2. The van der Waals surface area contributed by atoms with E-state index in [0.717, 1.165) is 10.8 Å². The number of hydrogen-bond donors (Lipinski definition) is 3. The van der Waals surface area contributed by atoms with E-state index < -0.39 is 0 Å². The number of hydrogen-bond acceptors (Lipinski definition) is 5. The highest BCUT2D eigenvalue weighted by atomic mass is 16.1. The highest BCUT2D eigenvalue weighted by Gasteiger charge is 2.08. The van der Waals surface area contributed by atoms with Crippen LogP contribution in [-0.2, 0) is 0 Å². The molecule has 3 aromatic rings. The molecule has 0 atom stereocenters. The third-order valence-electron chi connectivity index (χ3n) is 3.11. The van der Waals surface area contributed by atoms with E-state index in [1.807, 2.05) is 24.3 Å². The van der Waals surface area contributed by atoms with Crippen LogP contribution in [0, 0.1) is 0 Å². The minimum atomic E-state index is -0.234. The summed E-state index contributed by atoms with van der Waals surface area (Å²) in [5, 5.41) is 4.78. The van der Waals surface area contributed by atoms with Crippen molar-refractivity contribution in [1.29, 1.82) is 0 Å². The molecule has 3 rings (SSSR count). The molecule has 6 nitrogen and oxygen atoms in total. The summed E-state index contributed by atoms with van der Waals surface area (Å²) in [6.45, 7) is 0. The number of amides is 1. The van der Waals surface area contributed by atoms with E-state index in [1.54, 1.807) is 24.5 Å². The van der Waals surface area contributed by atoms with Gasteiger partial charge in [0, 0.05) is 24.0 Å². The first kappa shape index (κ1) is 13.0. The summed E-state index contributed by atoms with van der Waals surface area (Å²) in [5.41, 5.74) is 3.58. The van der Waals surface area contributed by atoms with Crippen molar-refractivity contribution in [3.05, 3.63) is 60.6 Å². The van der Waals surface area contributed by atoms with Crippen molar-refractivity contribution >= 4 is 28.2 Å². The van der Waals surface area contributed by atoms with Crippen LogP contribution >= 0.6 is 0 Å². The van der Waals surface area contributed by atoms with Crippen LogP contribution in [0.2, 0.25) is 0 Å². The molecule has 0 radical (unpaired) electrons. The largest absolute Gasteiger partial charge is 0.321 e. The number of carbonyl (C=O) groups excluding carboxylic acids is 1. The number of nitrogens with two attached hydrogens (primary N) is 1. The van der Waals surface area contributed by atoms with Crippen LogP contribution in [0.15, 0.2) is 55.0 Å². The fourth-order valence-corrected chi connectivity index (χ4v) is 2.03. The van der Waals surface area contributed by atoms with Gasteiger partial charge >= 0.3 is 0 Å². The van der Waals surface area contributed by atoms with E-state index >= 15 is 0 Å². The van der Waals surface area contributed by atoms with Crippen LogP contribution in [0.5, 0.6) is 0 Å². The van der Waals surface area contributed by atoms with Crippen LogP contribution in [0.1, 0.15) is 10.4 Å². The number of hydrazine groups is 1. The van der Waals surface area contributed by atoms with Crippen molar-refractivity contribution in [2.24, 2.45) is 5.84 Å². The lowest BCUT2D eigenvalue weighted by atomic mass is 10.1. The Morgan fingerprint density at radius 1 is 1.10 bits per heavy atom. The predicted molar refractivity (Wildman–Crippen MR) is 81.7 cm³/mol. The quantitative estimate of drug-likeness (QED) is 0.504. The molecule has 0 spiro atoms. The second kappa shape index (κ2) is 5.56. The first-order valence-electron chi connectivity index (χ1n) is 6.35. The fourth-order valence-electron chi connectivity index (χ4n) is 2.03. The van der Waals surface area contributed by atoms with Gasteiger partial charge in [0.25, 0.3) is 5.91 Å². The van der Waals surface area contributed by atoms with E-state index in [9.17, 15) is 4.79 Å². The molecule has 1 aromatic carbocycles. The molecular formula is C15H13N5O. The maximum absolute atomic E-state index is 12.2. The average molecular weight is 279 g/mol. The Morgan fingerprint density at radius 3 is 2.76 bits per heavy atom. The molecular weight excluding hydrogens is 266 g/mol. The fraction of sp³-hybridized carbons (Fsp3) is 0. The third kappa shape index (κ3) is 2.65. The molecule has 0 aliphatic rings. The van der Waals surface area contributed by atoms with Crippen molar-refractivity contribution in [2.75, 3.05) is 10.7 Å². The van der Waals surface area contributed by atoms with Gasteiger partial charge in [-0.05, 0) is 29.7 Å². The van der Waals surface area contributed by atoms with Crippen molar-refractivity contribution in [3.63, 3.8) is 0 Å². The molecule has 1 amide bonds. The van der Waals surface area contributed by atoms with E-state index in [0.29, 0.717) is 17.1 Å². The first-order valence-corrected chi connectivity index (χ1v) is 6.35. The zero-order valence-corrected chi connectivity index (χ0v) is 11.1. The molecule has 0 aliphatic carbocycles. The summed E-state index contributed by atoms with van der Waals surface area (Å²) in [5.74, 6) is 5.51. The molecule has 0 saturated heterocycles. The Balaban J connectivity index is 1.89. The summed E-state index contributed by atoms with van der Waals surface area (Å²) in [6.07, 6.45) is 4.91. The molecule has 6 heteroatoms. The van der Waals surface area contributed by atoms with Gasteiger partial charge in [0.1, 0.15) is 5.82 Å². The van der Waals surface area contributed by atoms with Gasteiger partial charge in [-0.15, -0.1) is 0 Å². The minimum absolute atomic E-state index is 0.234. The topological polar surface area (TPSA) is 92.9 Å². The molecule has 4 N–H and O–H groups in total. The predicted octanol–water partition coefficient (Wildman–Crippen LogP) is 2.17. The molecule has 0 unspecified atom stereocenters. The van der Waals surface area contributed by atoms with Gasteiger partial charge in [0.15, 0.2) is 0 Å². The Hall–Kier alpha value is -2.99. The van der Waals surface area contributed by atoms with E-state index in [2.05, 4.69) is 20.7 Å². The average Bonchev–Trinajstić information content (AvgIpc) is 2.55. The Kier molecular flexibility index (Phi) is 3.44. The van der Waals surface area contributed by atoms with Crippen molar-refractivity contribution in [1.82, 2.24) is 9.97 Å². The van der Waals surface area contributed by atoms with Crippen molar-refractivity contribution in [3.8, 4) is 0 Å². The summed E-state index contributed by atoms with van der Waals surface area (Å²) in [7, 11) is 0. The lowest BCUT2D eigenvalue weighted by Gasteiger charge is -2.08. The van der Waals surface area contributed by atoms with Crippen LogP contribution in [0.25, 0.3) is 10.8 Å². The van der Waals surface area contributed by atoms with Gasteiger partial charge in [0.2, 0.25) is 0 Å². The normalized spacial score (nSPS) is 10.3. The van der Waals surface area contributed by atoms with Gasteiger partial charge in [-0.25, -0.2) is 10.8 Å². The van der Waals surface area contributed by atoms with Gasteiger partial charge < -0.3 is 10.7 Å². The van der Waals surface area contributed by atoms with Crippen LogP contribution < -0.4 is 16.6 Å². The molecule has 0 bridgehead atoms. The van der Waals surface area contributed by atoms with Gasteiger partial charge in [-0.1, -0.05) is 12.1 Å². The number of nitrogen functional groups attached to an aromatic ring is 1. The molecule has 0 aliphatic heterocycles. The molecule has 2 aromatic heterocycles. The second-order valence-electron chi connectivity index (χ2n) is 4.43. The van der Waals surface area contributed by atoms with E-state index in [4.69, 9.17) is 5.84 Å². The highest BCUT2D eigenvalue weighted by Crippen LogP contribution is 2.22. The third-order valence-corrected chi connectivity index (χ3v) is 3.11. The maximum atomic E-state index is 12.2. The summed E-state index contributed by atoms with van der Waals surface area (Å²) in [6, 6.07) is 10.9. The number of rotatable bonds is 3. The number of pyridine rings is 2. The smallest absolute Gasteiger partial charge is 0.257 e. The van der Waals surface area contributed by atoms with Crippen LogP contribution in [0.4, 0.5) is 11.5 Å². The molecule has 104 valence electrons. The monoisotopic (exact) mass is 279 g/mol. The Labute approximate surface area is 121 Å².